The number of fused-ring (bicyclic) bond motifs is 2. The molecule has 28 heavy (non-hydrogen) atoms. The Morgan fingerprint density at radius 3 is 1.39 bits per heavy atom. The first kappa shape index (κ1) is 16.6. The molecule has 0 spiro atoms. The van der Waals surface area contributed by atoms with Crippen molar-refractivity contribution < 1.29 is 9.47 Å². The standard InChI is InChI=1S/C26H20O2/c1-27-23-13-14-24(28-2)20-16-22-21(15-19(20)23)26(22)25(17-9-5-3-6-10-17)18-11-7-4-8-12-18/h3-16H,1-2H3. The summed E-state index contributed by atoms with van der Waals surface area (Å²) >= 11 is 0. The number of hydrogen-bond acceptors (Lipinski definition) is 2. The molecule has 0 fully saturated rings. The third-order valence-electron chi connectivity index (χ3n) is 5.37. The van der Waals surface area contributed by atoms with Gasteiger partial charge in [-0.2, -0.15) is 0 Å². The Kier molecular flexibility index (Phi) is 3.91. The van der Waals surface area contributed by atoms with Gasteiger partial charge < -0.3 is 9.47 Å². The third kappa shape index (κ3) is 2.57. The summed E-state index contributed by atoms with van der Waals surface area (Å²) in [7, 11) is 3.42. The first-order chi connectivity index (χ1) is 13.8. The number of rotatable bonds is 4. The molecule has 1 aliphatic carbocycles. The molecule has 136 valence electrons. The molecule has 0 saturated carbocycles. The van der Waals surface area contributed by atoms with Crippen LogP contribution in [0.1, 0.15) is 22.3 Å². The van der Waals surface area contributed by atoms with Crippen LogP contribution in [0.4, 0.5) is 0 Å². The van der Waals surface area contributed by atoms with Gasteiger partial charge in [0.05, 0.1) is 14.2 Å². The van der Waals surface area contributed by atoms with E-state index in [4.69, 9.17) is 9.47 Å². The summed E-state index contributed by atoms with van der Waals surface area (Å²) < 4.78 is 11.2. The van der Waals surface area contributed by atoms with E-state index in [1.165, 1.54) is 33.4 Å². The topological polar surface area (TPSA) is 18.5 Å². The zero-order valence-electron chi connectivity index (χ0n) is 15.9. The molecule has 2 nitrogen and oxygen atoms in total. The predicted octanol–water partition coefficient (Wildman–Crippen LogP) is 6.18. The lowest BCUT2D eigenvalue weighted by atomic mass is 9.96. The molecule has 0 aromatic heterocycles. The lowest BCUT2D eigenvalue weighted by Crippen LogP contribution is -1.88. The van der Waals surface area contributed by atoms with Crippen molar-refractivity contribution in [3.8, 4) is 11.5 Å². The first-order valence-electron chi connectivity index (χ1n) is 9.36. The van der Waals surface area contributed by atoms with Gasteiger partial charge in [-0.15, -0.1) is 0 Å². The SMILES string of the molecule is COc1ccc(OC)c2cc3c(cc12)C3=C(c1ccccc1)c1ccccc1. The van der Waals surface area contributed by atoms with Gasteiger partial charge in [0.15, 0.2) is 0 Å². The average molecular weight is 364 g/mol. The van der Waals surface area contributed by atoms with Crippen molar-refractivity contribution in [1.29, 1.82) is 0 Å². The number of benzene rings is 4. The van der Waals surface area contributed by atoms with Crippen LogP contribution >= 0.6 is 0 Å². The Balaban J connectivity index is 1.78. The van der Waals surface area contributed by atoms with Crippen LogP contribution in [0.25, 0.3) is 21.9 Å². The zero-order chi connectivity index (χ0) is 19.1. The van der Waals surface area contributed by atoms with Crippen molar-refractivity contribution in [2.75, 3.05) is 14.2 Å². The number of ether oxygens (including phenoxy) is 2. The van der Waals surface area contributed by atoms with Crippen LogP contribution in [0.2, 0.25) is 0 Å². The summed E-state index contributed by atoms with van der Waals surface area (Å²) in [4.78, 5) is 0. The second kappa shape index (κ2) is 6.58. The smallest absolute Gasteiger partial charge is 0.126 e. The van der Waals surface area contributed by atoms with E-state index in [1.54, 1.807) is 14.2 Å². The fraction of sp³-hybridized carbons (Fsp3) is 0.0769. The Morgan fingerprint density at radius 2 is 1.00 bits per heavy atom. The minimum Gasteiger partial charge on any atom is -0.496 e. The highest BCUT2D eigenvalue weighted by Gasteiger charge is 2.31. The van der Waals surface area contributed by atoms with Crippen molar-refractivity contribution in [3.63, 3.8) is 0 Å². The van der Waals surface area contributed by atoms with Crippen LogP contribution in [0, 0.1) is 0 Å². The summed E-state index contributed by atoms with van der Waals surface area (Å²) in [5.41, 5.74) is 7.58. The van der Waals surface area contributed by atoms with Gasteiger partial charge >= 0.3 is 0 Å². The van der Waals surface area contributed by atoms with E-state index < -0.39 is 0 Å². The van der Waals surface area contributed by atoms with Gasteiger partial charge in [0.1, 0.15) is 11.5 Å². The maximum absolute atomic E-state index is 5.60. The molecule has 0 bridgehead atoms. The minimum absolute atomic E-state index is 0.867. The molecule has 4 aromatic carbocycles. The summed E-state index contributed by atoms with van der Waals surface area (Å²) in [6.45, 7) is 0. The van der Waals surface area contributed by atoms with Crippen LogP contribution in [0.15, 0.2) is 84.9 Å². The molecule has 0 N–H and O–H groups in total. The highest BCUT2D eigenvalue weighted by atomic mass is 16.5. The predicted molar refractivity (Wildman–Crippen MR) is 115 cm³/mol. The minimum atomic E-state index is 0.867. The molecule has 0 amide bonds. The molecule has 0 saturated heterocycles. The second-order valence-corrected chi connectivity index (χ2v) is 6.90. The monoisotopic (exact) mass is 364 g/mol. The van der Waals surface area contributed by atoms with Gasteiger partial charge in [-0.05, 0) is 57.7 Å². The van der Waals surface area contributed by atoms with Crippen LogP contribution in [0.3, 0.4) is 0 Å². The molecular formula is C26H20O2. The maximum Gasteiger partial charge on any atom is 0.126 e. The highest BCUT2D eigenvalue weighted by molar-refractivity contribution is 6.19. The Hall–Kier alpha value is -3.52. The molecule has 0 unspecified atom stereocenters. The fourth-order valence-corrected chi connectivity index (χ4v) is 3.99. The number of hydrogen-bond donors (Lipinski definition) is 0. The normalized spacial score (nSPS) is 11.9. The average Bonchev–Trinajstić information content (AvgIpc) is 3.45. The molecule has 5 rings (SSSR count). The zero-order valence-corrected chi connectivity index (χ0v) is 15.9. The van der Waals surface area contributed by atoms with Gasteiger partial charge in [0.25, 0.3) is 0 Å². The van der Waals surface area contributed by atoms with Gasteiger partial charge in [-0.25, -0.2) is 0 Å². The Labute approximate surface area is 164 Å². The number of methoxy groups -OCH3 is 2. The lowest BCUT2D eigenvalue weighted by Gasteiger charge is -2.08. The highest BCUT2D eigenvalue weighted by Crippen LogP contribution is 2.52. The summed E-state index contributed by atoms with van der Waals surface area (Å²) in [6.07, 6.45) is 0. The lowest BCUT2D eigenvalue weighted by molar-refractivity contribution is 0.410. The van der Waals surface area contributed by atoms with E-state index in [0.717, 1.165) is 22.3 Å². The molecule has 0 aliphatic heterocycles. The van der Waals surface area contributed by atoms with Crippen molar-refractivity contribution in [3.05, 3.63) is 107 Å². The quantitative estimate of drug-likeness (QED) is 0.379. The van der Waals surface area contributed by atoms with Crippen LogP contribution in [-0.4, -0.2) is 14.2 Å². The van der Waals surface area contributed by atoms with Crippen molar-refractivity contribution in [2.24, 2.45) is 0 Å². The van der Waals surface area contributed by atoms with Crippen LogP contribution in [-0.2, 0) is 0 Å². The van der Waals surface area contributed by atoms with E-state index >= 15 is 0 Å². The molecule has 0 radical (unpaired) electrons. The Morgan fingerprint density at radius 1 is 0.571 bits per heavy atom. The van der Waals surface area contributed by atoms with E-state index in [-0.39, 0.29) is 0 Å². The largest absolute Gasteiger partial charge is 0.496 e. The van der Waals surface area contributed by atoms with Gasteiger partial charge in [-0.1, -0.05) is 60.7 Å². The van der Waals surface area contributed by atoms with Gasteiger partial charge in [0, 0.05) is 10.8 Å². The van der Waals surface area contributed by atoms with Crippen molar-refractivity contribution in [1.82, 2.24) is 0 Å². The fourth-order valence-electron chi connectivity index (χ4n) is 3.99. The summed E-state index contributed by atoms with van der Waals surface area (Å²) in [5, 5.41) is 2.16. The van der Waals surface area contributed by atoms with Crippen molar-refractivity contribution >= 4 is 21.9 Å². The summed E-state index contributed by atoms with van der Waals surface area (Å²) in [5.74, 6) is 1.73. The van der Waals surface area contributed by atoms with Crippen molar-refractivity contribution in [2.45, 2.75) is 0 Å². The molecule has 2 heteroatoms. The van der Waals surface area contributed by atoms with Gasteiger partial charge in [-0.3, -0.25) is 0 Å². The molecular weight excluding hydrogens is 344 g/mol. The van der Waals surface area contributed by atoms with Crippen LogP contribution < -0.4 is 9.47 Å². The second-order valence-electron chi connectivity index (χ2n) is 6.90. The Bertz CT molecular complexity index is 1110. The first-order valence-corrected chi connectivity index (χ1v) is 9.36. The van der Waals surface area contributed by atoms with Gasteiger partial charge in [0.2, 0.25) is 0 Å². The molecule has 0 atom stereocenters. The summed E-state index contributed by atoms with van der Waals surface area (Å²) in [6, 6.07) is 29.6. The maximum atomic E-state index is 5.60. The van der Waals surface area contributed by atoms with E-state index in [9.17, 15) is 0 Å². The van der Waals surface area contributed by atoms with Crippen LogP contribution in [0.5, 0.6) is 11.5 Å². The molecule has 0 heterocycles. The molecule has 1 aliphatic rings. The molecule has 4 aromatic rings. The third-order valence-corrected chi connectivity index (χ3v) is 5.37. The van der Waals surface area contributed by atoms with E-state index in [0.29, 0.717) is 0 Å². The van der Waals surface area contributed by atoms with E-state index in [1.807, 2.05) is 12.1 Å². The van der Waals surface area contributed by atoms with E-state index in [2.05, 4.69) is 72.8 Å².